The van der Waals surface area contributed by atoms with E-state index in [4.69, 9.17) is 20.4 Å². The van der Waals surface area contributed by atoms with Crippen molar-refractivity contribution in [1.29, 1.82) is 0 Å². The van der Waals surface area contributed by atoms with Crippen molar-refractivity contribution in [2.75, 3.05) is 12.9 Å². The molecule has 0 radical (unpaired) electrons. The molecule has 1 unspecified atom stereocenters. The van der Waals surface area contributed by atoms with Gasteiger partial charge in [0.15, 0.2) is 26.5 Å². The van der Waals surface area contributed by atoms with Gasteiger partial charge in [-0.1, -0.05) is 5.92 Å². The average Bonchev–Trinajstić information content (AvgIpc) is 3.04. The molecule has 10 heteroatoms. The SMILES string of the molecule is C#Cc1ccc2c(c1)oc(=O)n2CC[C@](C)(C(=O)NOC1CCCCO1)S(C)(=O)=O. The van der Waals surface area contributed by atoms with E-state index in [0.29, 0.717) is 29.7 Å². The van der Waals surface area contributed by atoms with E-state index in [2.05, 4.69) is 11.4 Å². The average molecular weight is 436 g/mol. The van der Waals surface area contributed by atoms with Gasteiger partial charge in [-0.2, -0.15) is 0 Å². The van der Waals surface area contributed by atoms with Crippen LogP contribution < -0.4 is 11.2 Å². The number of sulfone groups is 1. The first-order chi connectivity index (χ1) is 14.2. The molecule has 0 saturated carbocycles. The highest BCUT2D eigenvalue weighted by molar-refractivity contribution is 7.92. The maximum absolute atomic E-state index is 12.7. The Morgan fingerprint density at radius 3 is 2.83 bits per heavy atom. The molecule has 1 saturated heterocycles. The van der Waals surface area contributed by atoms with Crippen LogP contribution in [0.15, 0.2) is 27.4 Å². The third-order valence-electron chi connectivity index (χ3n) is 5.37. The van der Waals surface area contributed by atoms with Crippen LogP contribution in [0.1, 0.15) is 38.2 Å². The Morgan fingerprint density at radius 2 is 2.20 bits per heavy atom. The van der Waals surface area contributed by atoms with Gasteiger partial charge in [0.2, 0.25) is 0 Å². The van der Waals surface area contributed by atoms with Gasteiger partial charge in [-0.25, -0.2) is 23.5 Å². The lowest BCUT2D eigenvalue weighted by Crippen LogP contribution is -2.51. The molecule has 1 amide bonds. The second-order valence-electron chi connectivity index (χ2n) is 7.44. The van der Waals surface area contributed by atoms with Crippen molar-refractivity contribution in [1.82, 2.24) is 10.0 Å². The van der Waals surface area contributed by atoms with Crippen molar-refractivity contribution >= 4 is 26.8 Å². The van der Waals surface area contributed by atoms with Gasteiger partial charge < -0.3 is 9.15 Å². The molecule has 1 aliphatic heterocycles. The Labute approximate surface area is 174 Å². The lowest BCUT2D eigenvalue weighted by molar-refractivity contribution is -0.201. The first-order valence-corrected chi connectivity index (χ1v) is 11.4. The predicted molar refractivity (Wildman–Crippen MR) is 109 cm³/mol. The number of benzene rings is 1. The van der Waals surface area contributed by atoms with Crippen LogP contribution in [-0.2, 0) is 30.8 Å². The molecular weight excluding hydrogens is 412 g/mol. The van der Waals surface area contributed by atoms with Gasteiger partial charge in [0.05, 0.1) is 5.52 Å². The summed E-state index contributed by atoms with van der Waals surface area (Å²) in [6.07, 6.45) is 7.95. The van der Waals surface area contributed by atoms with Crippen LogP contribution in [0.25, 0.3) is 11.1 Å². The van der Waals surface area contributed by atoms with E-state index in [-0.39, 0.29) is 13.0 Å². The zero-order valence-corrected chi connectivity index (χ0v) is 17.7. The summed E-state index contributed by atoms with van der Waals surface area (Å²) in [7, 11) is -3.85. The second-order valence-corrected chi connectivity index (χ2v) is 9.89. The van der Waals surface area contributed by atoms with Crippen molar-refractivity contribution in [3.63, 3.8) is 0 Å². The number of amides is 1. The van der Waals surface area contributed by atoms with Crippen LogP contribution in [0.3, 0.4) is 0 Å². The number of rotatable bonds is 7. The minimum absolute atomic E-state index is 0.0574. The minimum atomic E-state index is -3.85. The molecule has 1 N–H and O–H groups in total. The van der Waals surface area contributed by atoms with Gasteiger partial charge in [-0.15, -0.1) is 6.42 Å². The lowest BCUT2D eigenvalue weighted by Gasteiger charge is -2.28. The van der Waals surface area contributed by atoms with E-state index in [9.17, 15) is 18.0 Å². The number of terminal acetylenes is 1. The number of aromatic nitrogens is 1. The van der Waals surface area contributed by atoms with Gasteiger partial charge in [0, 0.05) is 31.4 Å². The molecular formula is C20H24N2O7S. The molecule has 0 aliphatic carbocycles. The molecule has 30 heavy (non-hydrogen) atoms. The fraction of sp³-hybridized carbons (Fsp3) is 0.500. The van der Waals surface area contributed by atoms with Gasteiger partial charge >= 0.3 is 5.76 Å². The fourth-order valence-corrected chi connectivity index (χ4v) is 4.03. The number of aryl methyl sites for hydroxylation is 1. The van der Waals surface area contributed by atoms with Crippen molar-refractivity contribution in [2.24, 2.45) is 0 Å². The molecule has 2 aromatic rings. The van der Waals surface area contributed by atoms with Gasteiger partial charge in [-0.3, -0.25) is 9.36 Å². The highest BCUT2D eigenvalue weighted by atomic mass is 32.2. The Bertz CT molecular complexity index is 1140. The van der Waals surface area contributed by atoms with E-state index in [1.807, 2.05) is 0 Å². The number of nitrogens with one attached hydrogen (secondary N) is 1. The van der Waals surface area contributed by atoms with Gasteiger partial charge in [0.1, 0.15) is 0 Å². The third-order valence-corrected chi connectivity index (χ3v) is 7.39. The molecule has 1 aromatic heterocycles. The maximum Gasteiger partial charge on any atom is 0.419 e. The summed E-state index contributed by atoms with van der Waals surface area (Å²) in [6.45, 7) is 1.76. The van der Waals surface area contributed by atoms with E-state index < -0.39 is 32.5 Å². The minimum Gasteiger partial charge on any atom is -0.408 e. The summed E-state index contributed by atoms with van der Waals surface area (Å²) in [5.41, 5.74) is 3.52. The number of carbonyl (C=O) groups is 1. The van der Waals surface area contributed by atoms with Crippen molar-refractivity contribution < 1.29 is 27.2 Å². The van der Waals surface area contributed by atoms with Crippen LogP contribution in [0.5, 0.6) is 0 Å². The van der Waals surface area contributed by atoms with Gasteiger partial charge in [-0.05, 0) is 44.4 Å². The number of hydrogen-bond donors (Lipinski definition) is 1. The summed E-state index contributed by atoms with van der Waals surface area (Å²) in [6, 6.07) is 4.82. The largest absolute Gasteiger partial charge is 0.419 e. The number of carbonyl (C=O) groups excluding carboxylic acids is 1. The number of nitrogens with zero attached hydrogens (tertiary/aromatic N) is 1. The molecule has 2 heterocycles. The van der Waals surface area contributed by atoms with Crippen molar-refractivity contribution in [2.45, 2.75) is 50.2 Å². The predicted octanol–water partition coefficient (Wildman–Crippen LogP) is 1.34. The molecule has 2 atom stereocenters. The van der Waals surface area contributed by atoms with E-state index in [0.717, 1.165) is 19.1 Å². The monoisotopic (exact) mass is 436 g/mol. The summed E-state index contributed by atoms with van der Waals surface area (Å²) in [4.78, 5) is 30.3. The summed E-state index contributed by atoms with van der Waals surface area (Å²) in [5, 5.41) is 0. The lowest BCUT2D eigenvalue weighted by atomic mass is 10.1. The Kier molecular flexibility index (Phi) is 6.36. The molecule has 0 bridgehead atoms. The molecule has 1 aliphatic rings. The number of hydroxylamine groups is 1. The highest BCUT2D eigenvalue weighted by Gasteiger charge is 2.44. The van der Waals surface area contributed by atoms with Crippen molar-refractivity contribution in [3.8, 4) is 12.3 Å². The zero-order chi connectivity index (χ0) is 21.9. The molecule has 9 nitrogen and oxygen atoms in total. The smallest absolute Gasteiger partial charge is 0.408 e. The summed E-state index contributed by atoms with van der Waals surface area (Å²) < 4.78 is 34.9. The summed E-state index contributed by atoms with van der Waals surface area (Å²) >= 11 is 0. The fourth-order valence-electron chi connectivity index (χ4n) is 3.19. The van der Waals surface area contributed by atoms with E-state index in [1.54, 1.807) is 18.2 Å². The number of fused-ring (bicyclic) bond motifs is 1. The van der Waals surface area contributed by atoms with Crippen LogP contribution >= 0.6 is 0 Å². The number of hydrogen-bond acceptors (Lipinski definition) is 7. The van der Waals surface area contributed by atoms with Crippen LogP contribution in [0, 0.1) is 12.3 Å². The molecule has 0 spiro atoms. The van der Waals surface area contributed by atoms with E-state index >= 15 is 0 Å². The van der Waals surface area contributed by atoms with Crippen LogP contribution in [0.2, 0.25) is 0 Å². The molecule has 1 fully saturated rings. The Hall–Kier alpha value is -2.61. The standard InChI is InChI=1S/C20H24N2O7S/c1-4-14-8-9-15-16(13-14)28-19(24)22(15)11-10-20(2,30(3,25)26)18(23)21-29-17-7-5-6-12-27-17/h1,8-9,13,17H,5-7,10-12H2,2-3H3,(H,21,23)/t17?,20-/m1/s1. The van der Waals surface area contributed by atoms with Crippen LogP contribution in [0.4, 0.5) is 0 Å². The van der Waals surface area contributed by atoms with Crippen molar-refractivity contribution in [3.05, 3.63) is 34.3 Å². The first-order valence-electron chi connectivity index (χ1n) is 9.53. The van der Waals surface area contributed by atoms with Crippen LogP contribution in [-0.4, -0.2) is 42.8 Å². The topological polar surface area (TPSA) is 117 Å². The molecule has 1 aromatic carbocycles. The maximum atomic E-state index is 12.7. The number of oxazole rings is 1. The Morgan fingerprint density at radius 1 is 1.43 bits per heavy atom. The first kappa shape index (κ1) is 22.1. The normalized spacial score (nSPS) is 19.2. The molecule has 3 rings (SSSR count). The highest BCUT2D eigenvalue weighted by Crippen LogP contribution is 2.24. The van der Waals surface area contributed by atoms with E-state index in [1.165, 1.54) is 11.5 Å². The Balaban J connectivity index is 1.79. The second kappa shape index (κ2) is 8.63. The third kappa shape index (κ3) is 4.43. The van der Waals surface area contributed by atoms with Gasteiger partial charge in [0.25, 0.3) is 5.91 Å². The summed E-state index contributed by atoms with van der Waals surface area (Å²) in [5.74, 6) is 0.963. The quantitative estimate of drug-likeness (QED) is 0.514. The molecule has 162 valence electrons. The zero-order valence-electron chi connectivity index (χ0n) is 16.8. The number of ether oxygens (including phenoxy) is 1.